The summed E-state index contributed by atoms with van der Waals surface area (Å²) < 4.78 is 20.9. The Bertz CT molecular complexity index is 312. The molecule has 0 aliphatic heterocycles. The van der Waals surface area contributed by atoms with Crippen molar-refractivity contribution < 1.29 is 33.6 Å². The lowest BCUT2D eigenvalue weighted by Crippen LogP contribution is -2.31. The van der Waals surface area contributed by atoms with Crippen LogP contribution in [0.15, 0.2) is 0 Å². The number of carbonyl (C=O) groups excluding carboxylic acids is 1. The number of rotatable bonds is 16. The van der Waals surface area contributed by atoms with Gasteiger partial charge in [0.15, 0.2) is 0 Å². The highest BCUT2D eigenvalue weighted by molar-refractivity contribution is 5.77. The fourth-order valence-corrected chi connectivity index (χ4v) is 1.52. The van der Waals surface area contributed by atoms with E-state index in [0.717, 1.165) is 19.4 Å². The fraction of sp³-hybridized carbons (Fsp3) is 0.867. The van der Waals surface area contributed by atoms with E-state index in [2.05, 4.69) is 17.0 Å². The predicted molar refractivity (Wildman–Crippen MR) is 83.4 cm³/mol. The summed E-state index contributed by atoms with van der Waals surface area (Å²) in [5.41, 5.74) is 0. The third-order valence-corrected chi connectivity index (χ3v) is 2.67. The smallest absolute Gasteiger partial charge is 0.329 e. The first kappa shape index (κ1) is 21.8. The molecule has 0 heterocycles. The number of hydrogen-bond acceptors (Lipinski definition) is 6. The third kappa shape index (κ3) is 17.0. The van der Waals surface area contributed by atoms with Gasteiger partial charge in [-0.3, -0.25) is 4.79 Å². The second-order valence-corrected chi connectivity index (χ2v) is 4.93. The first-order valence-corrected chi connectivity index (χ1v) is 7.89. The number of aliphatic carboxylic acids is 1. The van der Waals surface area contributed by atoms with Crippen molar-refractivity contribution in [3.05, 3.63) is 0 Å². The van der Waals surface area contributed by atoms with E-state index in [9.17, 15) is 9.59 Å². The van der Waals surface area contributed by atoms with Gasteiger partial charge < -0.3 is 29.4 Å². The van der Waals surface area contributed by atoms with Crippen molar-refractivity contribution >= 4 is 11.9 Å². The molecule has 0 spiro atoms. The third-order valence-electron chi connectivity index (χ3n) is 2.67. The molecule has 8 nitrogen and oxygen atoms in total. The molecule has 1 amide bonds. The first-order valence-electron chi connectivity index (χ1n) is 7.89. The molecule has 0 aromatic heterocycles. The zero-order chi connectivity index (χ0) is 17.3. The maximum atomic E-state index is 11.2. The lowest BCUT2D eigenvalue weighted by molar-refractivity contribution is -0.143. The van der Waals surface area contributed by atoms with E-state index < -0.39 is 12.6 Å². The van der Waals surface area contributed by atoms with Gasteiger partial charge in [-0.1, -0.05) is 6.92 Å². The number of carboxylic acids is 1. The molecule has 136 valence electrons. The molecule has 0 aliphatic rings. The second-order valence-electron chi connectivity index (χ2n) is 4.93. The Morgan fingerprint density at radius 1 is 1.00 bits per heavy atom. The summed E-state index contributed by atoms with van der Waals surface area (Å²) in [7, 11) is 0. The molecule has 23 heavy (non-hydrogen) atoms. The number of amides is 1. The Labute approximate surface area is 137 Å². The van der Waals surface area contributed by atoms with Gasteiger partial charge in [0.1, 0.15) is 13.2 Å². The number of carbonyl (C=O) groups is 2. The zero-order valence-electron chi connectivity index (χ0n) is 14.0. The Hall–Kier alpha value is -1.22. The van der Waals surface area contributed by atoms with Crippen molar-refractivity contribution in [3.63, 3.8) is 0 Å². The minimum absolute atomic E-state index is 0.203. The van der Waals surface area contributed by atoms with Crippen molar-refractivity contribution in [2.45, 2.75) is 32.8 Å². The first-order chi connectivity index (χ1) is 11.1. The summed E-state index contributed by atoms with van der Waals surface area (Å²) in [5.74, 6) is -1.47. The summed E-state index contributed by atoms with van der Waals surface area (Å²) >= 11 is 0. The molecular formula is C15H29NO7. The molecule has 0 bridgehead atoms. The van der Waals surface area contributed by atoms with Crippen LogP contribution in [0.25, 0.3) is 0 Å². The number of carboxylic acid groups (broad SMARTS) is 1. The van der Waals surface area contributed by atoms with Crippen LogP contribution in [0.2, 0.25) is 0 Å². The van der Waals surface area contributed by atoms with E-state index in [0.29, 0.717) is 33.0 Å². The zero-order valence-corrected chi connectivity index (χ0v) is 14.0. The molecule has 2 N–H and O–H groups in total. The number of ether oxygens (including phenoxy) is 4. The van der Waals surface area contributed by atoms with E-state index in [-0.39, 0.29) is 18.6 Å². The molecule has 0 aromatic carbocycles. The van der Waals surface area contributed by atoms with E-state index in [1.54, 1.807) is 0 Å². The van der Waals surface area contributed by atoms with Crippen molar-refractivity contribution in [3.8, 4) is 0 Å². The molecule has 1 unspecified atom stereocenters. The Morgan fingerprint density at radius 3 is 2.35 bits per heavy atom. The summed E-state index contributed by atoms with van der Waals surface area (Å²) in [4.78, 5) is 21.4. The quantitative estimate of drug-likeness (QED) is 0.395. The molecule has 0 saturated heterocycles. The fourth-order valence-electron chi connectivity index (χ4n) is 1.52. The average Bonchev–Trinajstić information content (AvgIpc) is 2.50. The van der Waals surface area contributed by atoms with Gasteiger partial charge in [0.25, 0.3) is 0 Å². The van der Waals surface area contributed by atoms with Crippen LogP contribution in [0.4, 0.5) is 0 Å². The largest absolute Gasteiger partial charge is 0.480 e. The highest BCUT2D eigenvalue weighted by atomic mass is 16.5. The lowest BCUT2D eigenvalue weighted by atomic mass is 10.3. The van der Waals surface area contributed by atoms with E-state index in [1.807, 2.05) is 6.92 Å². The molecule has 1 atom stereocenters. The second kappa shape index (κ2) is 15.7. The maximum Gasteiger partial charge on any atom is 0.329 e. The van der Waals surface area contributed by atoms with Crippen LogP contribution in [0.3, 0.4) is 0 Å². The Kier molecular flexibility index (Phi) is 14.8. The number of nitrogens with one attached hydrogen (secondary N) is 1. The van der Waals surface area contributed by atoms with Crippen LogP contribution in [0.5, 0.6) is 0 Å². The van der Waals surface area contributed by atoms with Gasteiger partial charge in [0.2, 0.25) is 5.91 Å². The topological polar surface area (TPSA) is 103 Å². The lowest BCUT2D eigenvalue weighted by Gasteiger charge is -2.12. The van der Waals surface area contributed by atoms with Gasteiger partial charge in [-0.15, -0.1) is 0 Å². The standard InChI is InChI=1S/C15H29NO7/c1-3-6-23-13(2)4-7-20-9-10-21-8-5-16-14(17)11-22-12-15(18)19/h13H,3-12H2,1-2H3,(H,16,17)(H,18,19). The predicted octanol–water partition coefficient (Wildman–Crippen LogP) is 0.442. The van der Waals surface area contributed by atoms with E-state index in [1.165, 1.54) is 0 Å². The van der Waals surface area contributed by atoms with Crippen LogP contribution in [-0.4, -0.2) is 75.9 Å². The molecule has 0 aromatic rings. The molecule has 0 saturated carbocycles. The highest BCUT2D eigenvalue weighted by Gasteiger charge is 2.03. The number of hydrogen-bond donors (Lipinski definition) is 2. The maximum absolute atomic E-state index is 11.2. The summed E-state index contributed by atoms with van der Waals surface area (Å²) in [6, 6.07) is 0. The molecule has 8 heteroatoms. The normalized spacial score (nSPS) is 12.1. The molecule has 0 radical (unpaired) electrons. The van der Waals surface area contributed by atoms with Gasteiger partial charge >= 0.3 is 5.97 Å². The van der Waals surface area contributed by atoms with Crippen LogP contribution in [0, 0.1) is 0 Å². The van der Waals surface area contributed by atoms with Crippen LogP contribution in [-0.2, 0) is 28.5 Å². The molecule has 0 rings (SSSR count). The van der Waals surface area contributed by atoms with Crippen molar-refractivity contribution in [2.75, 3.05) is 52.8 Å². The van der Waals surface area contributed by atoms with Gasteiger partial charge in [-0.25, -0.2) is 4.79 Å². The van der Waals surface area contributed by atoms with E-state index >= 15 is 0 Å². The van der Waals surface area contributed by atoms with Crippen LogP contribution >= 0.6 is 0 Å². The van der Waals surface area contributed by atoms with Gasteiger partial charge in [-0.2, -0.15) is 0 Å². The summed E-state index contributed by atoms with van der Waals surface area (Å²) in [6.45, 7) is 6.41. The van der Waals surface area contributed by atoms with Gasteiger partial charge in [0, 0.05) is 19.8 Å². The van der Waals surface area contributed by atoms with Crippen LogP contribution < -0.4 is 5.32 Å². The highest BCUT2D eigenvalue weighted by Crippen LogP contribution is 1.98. The monoisotopic (exact) mass is 335 g/mol. The van der Waals surface area contributed by atoms with Gasteiger partial charge in [0.05, 0.1) is 25.9 Å². The van der Waals surface area contributed by atoms with Crippen molar-refractivity contribution in [2.24, 2.45) is 0 Å². The Morgan fingerprint density at radius 2 is 1.70 bits per heavy atom. The summed E-state index contributed by atoms with van der Waals surface area (Å²) in [6.07, 6.45) is 2.07. The minimum Gasteiger partial charge on any atom is -0.480 e. The molecule has 0 fully saturated rings. The average molecular weight is 335 g/mol. The Balaban J connectivity index is 3.24. The SMILES string of the molecule is CCCOC(C)CCOCCOCCNC(=O)COCC(=O)O. The van der Waals surface area contributed by atoms with Gasteiger partial charge in [-0.05, 0) is 19.8 Å². The van der Waals surface area contributed by atoms with E-state index in [4.69, 9.17) is 19.3 Å². The van der Waals surface area contributed by atoms with Crippen molar-refractivity contribution in [1.29, 1.82) is 0 Å². The molecule has 0 aliphatic carbocycles. The summed E-state index contributed by atoms with van der Waals surface area (Å²) in [5, 5.41) is 10.9. The van der Waals surface area contributed by atoms with Crippen molar-refractivity contribution in [1.82, 2.24) is 5.32 Å². The molecular weight excluding hydrogens is 306 g/mol. The minimum atomic E-state index is -1.10. The van der Waals surface area contributed by atoms with Crippen LogP contribution in [0.1, 0.15) is 26.7 Å².